The lowest BCUT2D eigenvalue weighted by Gasteiger charge is -2.35. The maximum atomic E-state index is 11.4. The summed E-state index contributed by atoms with van der Waals surface area (Å²) in [5, 5.41) is 9.31. The summed E-state index contributed by atoms with van der Waals surface area (Å²) < 4.78 is 46.3. The molecule has 1 N–H and O–H groups in total. The summed E-state index contributed by atoms with van der Waals surface area (Å²) in [5.41, 5.74) is -1.07. The van der Waals surface area contributed by atoms with E-state index in [1.807, 2.05) is 12.1 Å². The smallest absolute Gasteiger partial charge is 0.303 e. The van der Waals surface area contributed by atoms with Crippen molar-refractivity contribution in [2.75, 3.05) is 72.7 Å². The number of ether oxygens (including phenoxy) is 8. The fraction of sp³-hybridized carbons (Fsp3) is 0.625. The van der Waals surface area contributed by atoms with Gasteiger partial charge < -0.3 is 43.0 Å². The van der Waals surface area contributed by atoms with Gasteiger partial charge in [0.1, 0.15) is 12.2 Å². The van der Waals surface area contributed by atoms with Gasteiger partial charge in [-0.3, -0.25) is 4.79 Å². The van der Waals surface area contributed by atoms with Crippen molar-refractivity contribution >= 4 is 5.97 Å². The molecule has 1 atom stereocenters. The van der Waals surface area contributed by atoms with Gasteiger partial charge in [0.25, 0.3) is 0 Å². The van der Waals surface area contributed by atoms with E-state index in [0.717, 1.165) is 0 Å². The number of carboxylic acid groups (broad SMARTS) is 1. The molecule has 0 fully saturated rings. The number of hydrogen-bond acceptors (Lipinski definition) is 9. The molecule has 2 aliphatic heterocycles. The van der Waals surface area contributed by atoms with E-state index in [2.05, 4.69) is 0 Å². The molecule has 0 radical (unpaired) electrons. The Hall–Kier alpha value is -2.21. The lowest BCUT2D eigenvalue weighted by molar-refractivity contribution is -0.139. The summed E-state index contributed by atoms with van der Waals surface area (Å²) in [7, 11) is 0. The normalized spacial score (nSPS) is 24.1. The summed E-state index contributed by atoms with van der Waals surface area (Å²) in [6, 6.07) is 7.26. The van der Waals surface area contributed by atoms with Crippen LogP contribution in [-0.4, -0.2) is 89.4 Å². The number of carbonyl (C=O) groups is 1. The minimum atomic E-state index is -1.07. The SMILES string of the molecule is CC1(CCC(=O)O)OCCOCCOCCOCCOCCOCC2=C1Oc1ccccc1O2. The van der Waals surface area contributed by atoms with Gasteiger partial charge in [-0.15, -0.1) is 0 Å². The molecule has 1 aromatic rings. The number of hydrogen-bond donors (Lipinski definition) is 1. The Morgan fingerprint density at radius 3 is 1.85 bits per heavy atom. The predicted molar refractivity (Wildman–Crippen MR) is 120 cm³/mol. The third kappa shape index (κ3) is 8.53. The van der Waals surface area contributed by atoms with Crippen LogP contribution in [0.3, 0.4) is 0 Å². The van der Waals surface area contributed by atoms with Crippen LogP contribution in [0, 0.1) is 0 Å². The lowest BCUT2D eigenvalue weighted by Crippen LogP contribution is -2.39. The number of aliphatic carboxylic acids is 1. The third-order valence-corrected chi connectivity index (χ3v) is 5.21. The van der Waals surface area contributed by atoms with Crippen molar-refractivity contribution in [2.45, 2.75) is 25.4 Å². The molecule has 10 heteroatoms. The summed E-state index contributed by atoms with van der Waals surface area (Å²) >= 11 is 0. The van der Waals surface area contributed by atoms with Gasteiger partial charge in [-0.05, 0) is 25.5 Å². The van der Waals surface area contributed by atoms with Gasteiger partial charge >= 0.3 is 5.97 Å². The molecule has 0 amide bonds. The Bertz CT molecular complexity index is 796. The van der Waals surface area contributed by atoms with Gasteiger partial charge in [-0.2, -0.15) is 0 Å². The van der Waals surface area contributed by atoms with Crippen molar-refractivity contribution < 1.29 is 47.8 Å². The largest absolute Gasteiger partial charge is 0.481 e. The second kappa shape index (κ2) is 14.2. The van der Waals surface area contributed by atoms with Crippen LogP contribution in [0.5, 0.6) is 11.5 Å². The molecule has 190 valence electrons. The number of para-hydroxylation sites is 2. The molecule has 0 bridgehead atoms. The van der Waals surface area contributed by atoms with Crippen molar-refractivity contribution in [3.8, 4) is 11.5 Å². The summed E-state index contributed by atoms with van der Waals surface area (Å²) in [6.07, 6.45) is 0.0721. The van der Waals surface area contributed by atoms with Crippen LogP contribution in [0.15, 0.2) is 35.8 Å². The minimum Gasteiger partial charge on any atom is -0.481 e. The van der Waals surface area contributed by atoms with Gasteiger partial charge in [-0.1, -0.05) is 12.1 Å². The predicted octanol–water partition coefficient (Wildman–Crippen LogP) is 2.41. The number of benzene rings is 1. The van der Waals surface area contributed by atoms with E-state index in [-0.39, 0.29) is 26.1 Å². The van der Waals surface area contributed by atoms with Crippen LogP contribution >= 0.6 is 0 Å². The third-order valence-electron chi connectivity index (χ3n) is 5.21. The Balaban J connectivity index is 1.76. The highest BCUT2D eigenvalue weighted by molar-refractivity contribution is 5.66. The highest BCUT2D eigenvalue weighted by Crippen LogP contribution is 2.40. The van der Waals surface area contributed by atoms with Crippen molar-refractivity contribution in [2.24, 2.45) is 0 Å². The van der Waals surface area contributed by atoms with E-state index in [1.165, 1.54) is 0 Å². The Morgan fingerprint density at radius 1 is 0.794 bits per heavy atom. The molecule has 1 aromatic carbocycles. The van der Waals surface area contributed by atoms with E-state index >= 15 is 0 Å². The molecule has 0 aromatic heterocycles. The molecule has 1 unspecified atom stereocenters. The van der Waals surface area contributed by atoms with Crippen LogP contribution in [0.4, 0.5) is 0 Å². The second-order valence-corrected chi connectivity index (χ2v) is 7.88. The quantitative estimate of drug-likeness (QED) is 0.689. The molecule has 34 heavy (non-hydrogen) atoms. The average molecular weight is 483 g/mol. The van der Waals surface area contributed by atoms with Crippen molar-refractivity contribution in [1.29, 1.82) is 0 Å². The number of fused-ring (bicyclic) bond motifs is 1. The zero-order valence-electron chi connectivity index (χ0n) is 19.6. The fourth-order valence-electron chi connectivity index (χ4n) is 3.43. The van der Waals surface area contributed by atoms with E-state index < -0.39 is 11.6 Å². The first-order chi connectivity index (χ1) is 16.6. The zero-order valence-corrected chi connectivity index (χ0v) is 19.6. The number of rotatable bonds is 3. The van der Waals surface area contributed by atoms with E-state index in [1.54, 1.807) is 19.1 Å². The average Bonchev–Trinajstić information content (AvgIpc) is 2.83. The molecular weight excluding hydrogens is 448 g/mol. The van der Waals surface area contributed by atoms with E-state index in [4.69, 9.17) is 37.9 Å². The highest BCUT2D eigenvalue weighted by Gasteiger charge is 2.39. The van der Waals surface area contributed by atoms with E-state index in [9.17, 15) is 9.90 Å². The molecule has 0 saturated heterocycles. The molecule has 0 aliphatic carbocycles. The first-order valence-electron chi connectivity index (χ1n) is 11.5. The van der Waals surface area contributed by atoms with Crippen LogP contribution in [-0.2, 0) is 33.2 Å². The van der Waals surface area contributed by atoms with Crippen molar-refractivity contribution in [1.82, 2.24) is 0 Å². The van der Waals surface area contributed by atoms with Crippen molar-refractivity contribution in [3.05, 3.63) is 35.8 Å². The van der Waals surface area contributed by atoms with Crippen LogP contribution in [0.2, 0.25) is 0 Å². The summed E-state index contributed by atoms with van der Waals surface area (Å²) in [6.45, 7) is 5.93. The highest BCUT2D eigenvalue weighted by atomic mass is 16.6. The first kappa shape index (κ1) is 26.4. The molecule has 0 saturated carbocycles. The molecule has 0 spiro atoms. The summed E-state index contributed by atoms with van der Waals surface area (Å²) in [5.74, 6) is 0.966. The van der Waals surface area contributed by atoms with Crippen LogP contribution in [0.1, 0.15) is 19.8 Å². The lowest BCUT2D eigenvalue weighted by atomic mass is 9.95. The Labute approximate surface area is 199 Å². The van der Waals surface area contributed by atoms with Gasteiger partial charge in [0.05, 0.1) is 66.1 Å². The Kier molecular flexibility index (Phi) is 11.1. The molecular formula is C24H34O10. The van der Waals surface area contributed by atoms with Crippen LogP contribution < -0.4 is 9.47 Å². The van der Waals surface area contributed by atoms with E-state index in [0.29, 0.717) is 82.5 Å². The monoisotopic (exact) mass is 482 g/mol. The maximum Gasteiger partial charge on any atom is 0.303 e. The zero-order chi connectivity index (χ0) is 24.1. The topological polar surface area (TPSA) is 111 Å². The van der Waals surface area contributed by atoms with Gasteiger partial charge in [0, 0.05) is 6.42 Å². The molecule has 3 rings (SSSR count). The molecule has 2 heterocycles. The molecule has 2 aliphatic rings. The number of carboxylic acids is 1. The van der Waals surface area contributed by atoms with Gasteiger partial charge in [0.15, 0.2) is 23.0 Å². The second-order valence-electron chi connectivity index (χ2n) is 7.88. The summed E-state index contributed by atoms with van der Waals surface area (Å²) in [4.78, 5) is 11.4. The Morgan fingerprint density at radius 2 is 1.29 bits per heavy atom. The minimum absolute atomic E-state index is 0.107. The fourth-order valence-corrected chi connectivity index (χ4v) is 3.43. The maximum absolute atomic E-state index is 11.4. The first-order valence-corrected chi connectivity index (χ1v) is 11.5. The molecule has 10 nitrogen and oxygen atoms in total. The van der Waals surface area contributed by atoms with Crippen molar-refractivity contribution in [3.63, 3.8) is 0 Å². The standard InChI is InChI=1S/C24H34O10/c1-24(7-6-22(25)26)23-21(33-19-4-2-3-5-20(19)34-23)18-31-15-14-29-11-10-27-8-9-28-12-13-30-16-17-32-24/h2-5H,6-18H2,1H3,(H,25,26). The van der Waals surface area contributed by atoms with Crippen LogP contribution in [0.25, 0.3) is 0 Å². The van der Waals surface area contributed by atoms with Gasteiger partial charge in [0.2, 0.25) is 0 Å². The van der Waals surface area contributed by atoms with Gasteiger partial charge in [-0.25, -0.2) is 0 Å².